The van der Waals surface area contributed by atoms with E-state index in [9.17, 15) is 4.79 Å². The molecule has 17 heavy (non-hydrogen) atoms. The van der Waals surface area contributed by atoms with Crippen molar-refractivity contribution in [2.45, 2.75) is 31.8 Å². The van der Waals surface area contributed by atoms with Gasteiger partial charge in [0.15, 0.2) is 5.78 Å². The standard InChI is InChI=1S/C14H17NO2/c1-2-10-3-4-11-12(16)8-14(5-6-15-9-14)17-13(11)7-10/h3-4,7,15H,2,5-6,8-9H2,1H3. The molecule has 1 spiro atoms. The summed E-state index contributed by atoms with van der Waals surface area (Å²) in [7, 11) is 0. The van der Waals surface area contributed by atoms with Crippen LogP contribution in [0.2, 0.25) is 0 Å². The summed E-state index contributed by atoms with van der Waals surface area (Å²) >= 11 is 0. The molecule has 1 unspecified atom stereocenters. The molecule has 3 rings (SSSR count). The van der Waals surface area contributed by atoms with E-state index in [2.05, 4.69) is 12.2 Å². The molecule has 0 amide bonds. The van der Waals surface area contributed by atoms with Crippen molar-refractivity contribution in [1.29, 1.82) is 0 Å². The maximum absolute atomic E-state index is 12.1. The minimum absolute atomic E-state index is 0.220. The van der Waals surface area contributed by atoms with Crippen molar-refractivity contribution < 1.29 is 9.53 Å². The lowest BCUT2D eigenvalue weighted by atomic mass is 9.89. The molecule has 0 aliphatic carbocycles. The summed E-state index contributed by atoms with van der Waals surface area (Å²) in [5, 5.41) is 3.29. The molecule has 2 heterocycles. The van der Waals surface area contributed by atoms with Gasteiger partial charge in [0.2, 0.25) is 0 Å². The first-order valence-electron chi connectivity index (χ1n) is 6.28. The number of benzene rings is 1. The molecular formula is C14H17NO2. The van der Waals surface area contributed by atoms with E-state index in [0.717, 1.165) is 37.2 Å². The average molecular weight is 231 g/mol. The molecule has 2 aliphatic heterocycles. The fourth-order valence-corrected chi connectivity index (χ4v) is 2.72. The normalized spacial score (nSPS) is 27.0. The summed E-state index contributed by atoms with van der Waals surface area (Å²) in [6.45, 7) is 3.84. The third kappa shape index (κ3) is 1.75. The van der Waals surface area contributed by atoms with Crippen LogP contribution in [0, 0.1) is 0 Å². The minimum Gasteiger partial charge on any atom is -0.485 e. The highest BCUT2D eigenvalue weighted by atomic mass is 16.5. The summed E-state index contributed by atoms with van der Waals surface area (Å²) in [6, 6.07) is 5.95. The molecule has 1 atom stereocenters. The number of carbonyl (C=O) groups is 1. The Morgan fingerprint density at radius 3 is 3.06 bits per heavy atom. The second-order valence-electron chi connectivity index (χ2n) is 5.00. The SMILES string of the molecule is CCc1ccc2c(c1)OC1(CCNC1)CC2=O. The van der Waals surface area contributed by atoms with Gasteiger partial charge in [-0.25, -0.2) is 0 Å². The first-order valence-corrected chi connectivity index (χ1v) is 6.28. The molecule has 1 aromatic rings. The molecule has 3 heteroatoms. The van der Waals surface area contributed by atoms with Crippen molar-refractivity contribution in [2.75, 3.05) is 13.1 Å². The van der Waals surface area contributed by atoms with Gasteiger partial charge in [-0.05, 0) is 30.7 Å². The number of hydrogen-bond donors (Lipinski definition) is 1. The topological polar surface area (TPSA) is 38.3 Å². The third-order valence-electron chi connectivity index (χ3n) is 3.77. The average Bonchev–Trinajstić information content (AvgIpc) is 2.76. The van der Waals surface area contributed by atoms with E-state index in [4.69, 9.17) is 4.74 Å². The first kappa shape index (κ1) is 10.8. The van der Waals surface area contributed by atoms with Gasteiger partial charge >= 0.3 is 0 Å². The van der Waals surface area contributed by atoms with Crippen molar-refractivity contribution in [1.82, 2.24) is 5.32 Å². The molecule has 0 saturated carbocycles. The fraction of sp³-hybridized carbons (Fsp3) is 0.500. The largest absolute Gasteiger partial charge is 0.485 e. The van der Waals surface area contributed by atoms with Crippen molar-refractivity contribution in [3.63, 3.8) is 0 Å². The van der Waals surface area contributed by atoms with Crippen LogP contribution in [0.4, 0.5) is 0 Å². The predicted octanol–water partition coefficient (Wildman–Crippen LogP) is 1.95. The molecule has 0 radical (unpaired) electrons. The maximum Gasteiger partial charge on any atom is 0.170 e. The second kappa shape index (κ2) is 3.84. The van der Waals surface area contributed by atoms with E-state index in [1.165, 1.54) is 5.56 Å². The molecule has 2 aliphatic rings. The Hall–Kier alpha value is -1.35. The highest BCUT2D eigenvalue weighted by Crippen LogP contribution is 2.37. The Kier molecular flexibility index (Phi) is 2.44. The summed E-state index contributed by atoms with van der Waals surface area (Å²) < 4.78 is 6.11. The van der Waals surface area contributed by atoms with Crippen LogP contribution in [0.25, 0.3) is 0 Å². The Morgan fingerprint density at radius 2 is 2.35 bits per heavy atom. The van der Waals surface area contributed by atoms with Gasteiger partial charge in [0, 0.05) is 13.0 Å². The molecule has 1 N–H and O–H groups in total. The molecular weight excluding hydrogens is 214 g/mol. The van der Waals surface area contributed by atoms with Gasteiger partial charge in [-0.1, -0.05) is 13.0 Å². The van der Waals surface area contributed by atoms with E-state index < -0.39 is 0 Å². The summed E-state index contributed by atoms with van der Waals surface area (Å²) in [4.78, 5) is 12.1. The van der Waals surface area contributed by atoms with Crippen molar-refractivity contribution >= 4 is 5.78 Å². The highest BCUT2D eigenvalue weighted by Gasteiger charge is 2.42. The van der Waals surface area contributed by atoms with Gasteiger partial charge in [0.05, 0.1) is 12.0 Å². The van der Waals surface area contributed by atoms with Crippen LogP contribution < -0.4 is 10.1 Å². The van der Waals surface area contributed by atoms with Crippen LogP contribution in [0.3, 0.4) is 0 Å². The smallest absolute Gasteiger partial charge is 0.170 e. The number of hydrogen-bond acceptors (Lipinski definition) is 3. The van der Waals surface area contributed by atoms with Crippen LogP contribution in [-0.2, 0) is 6.42 Å². The lowest BCUT2D eigenvalue weighted by Gasteiger charge is -2.34. The van der Waals surface area contributed by atoms with E-state index >= 15 is 0 Å². The Bertz CT molecular complexity index is 461. The first-order chi connectivity index (χ1) is 8.22. The number of fused-ring (bicyclic) bond motifs is 1. The van der Waals surface area contributed by atoms with E-state index in [1.807, 2.05) is 18.2 Å². The maximum atomic E-state index is 12.1. The predicted molar refractivity (Wildman–Crippen MR) is 65.6 cm³/mol. The van der Waals surface area contributed by atoms with Gasteiger partial charge in [0.1, 0.15) is 11.4 Å². The lowest BCUT2D eigenvalue weighted by molar-refractivity contribution is 0.0528. The Labute approximate surface area is 101 Å². The molecule has 1 saturated heterocycles. The zero-order valence-corrected chi connectivity index (χ0v) is 10.1. The Balaban J connectivity index is 2.00. The number of Topliss-reactive ketones (excluding diaryl/α,β-unsaturated/α-hetero) is 1. The molecule has 1 aromatic carbocycles. The zero-order valence-electron chi connectivity index (χ0n) is 10.1. The molecule has 3 nitrogen and oxygen atoms in total. The Morgan fingerprint density at radius 1 is 1.47 bits per heavy atom. The van der Waals surface area contributed by atoms with Crippen LogP contribution >= 0.6 is 0 Å². The minimum atomic E-state index is -0.281. The zero-order chi connectivity index (χ0) is 11.9. The van der Waals surface area contributed by atoms with Gasteiger partial charge in [-0.3, -0.25) is 4.79 Å². The van der Waals surface area contributed by atoms with Crippen LogP contribution in [0.5, 0.6) is 5.75 Å². The number of aryl methyl sites for hydroxylation is 1. The summed E-state index contributed by atoms with van der Waals surface area (Å²) in [6.07, 6.45) is 2.41. The van der Waals surface area contributed by atoms with Crippen molar-refractivity contribution in [2.24, 2.45) is 0 Å². The van der Waals surface area contributed by atoms with Gasteiger partial charge in [-0.15, -0.1) is 0 Å². The third-order valence-corrected chi connectivity index (χ3v) is 3.77. The van der Waals surface area contributed by atoms with E-state index in [0.29, 0.717) is 6.42 Å². The van der Waals surface area contributed by atoms with Gasteiger partial charge in [-0.2, -0.15) is 0 Å². The monoisotopic (exact) mass is 231 g/mol. The van der Waals surface area contributed by atoms with E-state index in [-0.39, 0.29) is 11.4 Å². The number of nitrogens with one attached hydrogen (secondary N) is 1. The van der Waals surface area contributed by atoms with Crippen molar-refractivity contribution in [3.05, 3.63) is 29.3 Å². The molecule has 0 aromatic heterocycles. The summed E-state index contributed by atoms with van der Waals surface area (Å²) in [5.41, 5.74) is 1.69. The number of rotatable bonds is 1. The molecule has 0 bridgehead atoms. The number of ether oxygens (including phenoxy) is 1. The van der Waals surface area contributed by atoms with Crippen LogP contribution in [0.1, 0.15) is 35.7 Å². The quantitative estimate of drug-likeness (QED) is 0.802. The fourth-order valence-electron chi connectivity index (χ4n) is 2.72. The highest BCUT2D eigenvalue weighted by molar-refractivity contribution is 6.00. The second-order valence-corrected chi connectivity index (χ2v) is 5.00. The number of carbonyl (C=O) groups excluding carboxylic acids is 1. The van der Waals surface area contributed by atoms with E-state index in [1.54, 1.807) is 0 Å². The van der Waals surface area contributed by atoms with Gasteiger partial charge < -0.3 is 10.1 Å². The number of ketones is 1. The summed E-state index contributed by atoms with van der Waals surface area (Å²) in [5.74, 6) is 1.00. The van der Waals surface area contributed by atoms with Crippen LogP contribution in [-0.4, -0.2) is 24.5 Å². The molecule has 1 fully saturated rings. The molecule has 90 valence electrons. The lowest BCUT2D eigenvalue weighted by Crippen LogP contribution is -2.43. The van der Waals surface area contributed by atoms with Gasteiger partial charge in [0.25, 0.3) is 0 Å². The van der Waals surface area contributed by atoms with Crippen molar-refractivity contribution in [3.8, 4) is 5.75 Å². The van der Waals surface area contributed by atoms with Crippen LogP contribution in [0.15, 0.2) is 18.2 Å².